The van der Waals surface area contributed by atoms with Gasteiger partial charge in [0.2, 0.25) is 0 Å². The Morgan fingerprint density at radius 2 is 1.65 bits per heavy atom. The highest BCUT2D eigenvalue weighted by Gasteiger charge is 2.13. The van der Waals surface area contributed by atoms with Crippen molar-refractivity contribution in [1.82, 2.24) is 15.1 Å². The monoisotopic (exact) mass is 287 g/mol. The highest BCUT2D eigenvalue weighted by molar-refractivity contribution is 5.80. The van der Waals surface area contributed by atoms with E-state index < -0.39 is 5.97 Å². The predicted molar refractivity (Wildman–Crippen MR) is 79.7 cm³/mol. The van der Waals surface area contributed by atoms with Crippen LogP contribution in [0, 0.1) is 0 Å². The van der Waals surface area contributed by atoms with E-state index in [9.17, 15) is 9.59 Å². The summed E-state index contributed by atoms with van der Waals surface area (Å²) in [5, 5.41) is 2.58. The van der Waals surface area contributed by atoms with Crippen molar-refractivity contribution in [2.75, 3.05) is 45.9 Å². The minimum absolute atomic E-state index is 0.0702. The molecule has 0 spiro atoms. The number of rotatable bonds is 10. The highest BCUT2D eigenvalue weighted by atomic mass is 16.5. The molecule has 0 unspecified atom stereocenters. The van der Waals surface area contributed by atoms with Crippen molar-refractivity contribution in [3.8, 4) is 0 Å². The summed E-state index contributed by atoms with van der Waals surface area (Å²) in [6.07, 6.45) is 0.933. The van der Waals surface area contributed by atoms with Crippen LogP contribution in [0.1, 0.15) is 34.1 Å². The maximum atomic E-state index is 11.9. The van der Waals surface area contributed by atoms with Crippen LogP contribution in [0.25, 0.3) is 0 Å². The van der Waals surface area contributed by atoms with Crippen molar-refractivity contribution in [2.24, 2.45) is 0 Å². The molecule has 0 fully saturated rings. The van der Waals surface area contributed by atoms with E-state index in [1.807, 2.05) is 6.92 Å². The molecule has 0 radical (unpaired) electrons. The Labute approximate surface area is 122 Å². The van der Waals surface area contributed by atoms with Crippen molar-refractivity contribution in [1.29, 1.82) is 0 Å². The lowest BCUT2D eigenvalue weighted by molar-refractivity contribution is -0.141. The maximum Gasteiger partial charge on any atom is 0.325 e. The zero-order chi connectivity index (χ0) is 15.4. The molecule has 0 atom stereocenters. The molecule has 0 rings (SSSR count). The average molecular weight is 287 g/mol. The second-order valence-corrected chi connectivity index (χ2v) is 4.42. The molecule has 0 aromatic heterocycles. The molecule has 0 heterocycles. The first-order chi connectivity index (χ1) is 9.58. The smallest absolute Gasteiger partial charge is 0.325 e. The first-order valence-corrected chi connectivity index (χ1v) is 7.49. The van der Waals surface area contributed by atoms with Crippen LogP contribution in [-0.2, 0) is 9.53 Å². The number of carbonyl (C=O) groups is 2. The van der Waals surface area contributed by atoms with E-state index in [0.717, 1.165) is 26.1 Å². The van der Waals surface area contributed by atoms with Crippen molar-refractivity contribution >= 4 is 12.0 Å². The van der Waals surface area contributed by atoms with E-state index in [0.29, 0.717) is 19.7 Å². The standard InChI is InChI=1S/C14H29N3O3/c1-5-16(6-2)10-9-11-17(7-3)14(19)15-12-13(18)20-8-4/h5-12H2,1-4H3,(H,15,19). The fraction of sp³-hybridized carbons (Fsp3) is 0.857. The van der Waals surface area contributed by atoms with Gasteiger partial charge in [0.05, 0.1) is 6.61 Å². The Kier molecular flexibility index (Phi) is 10.8. The highest BCUT2D eigenvalue weighted by Crippen LogP contribution is 1.96. The maximum absolute atomic E-state index is 11.9. The lowest BCUT2D eigenvalue weighted by Crippen LogP contribution is -2.43. The van der Waals surface area contributed by atoms with Crippen LogP contribution in [0.5, 0.6) is 0 Å². The van der Waals surface area contributed by atoms with Gasteiger partial charge in [0, 0.05) is 13.1 Å². The van der Waals surface area contributed by atoms with E-state index >= 15 is 0 Å². The van der Waals surface area contributed by atoms with Gasteiger partial charge in [0.15, 0.2) is 0 Å². The van der Waals surface area contributed by atoms with Gasteiger partial charge in [0.25, 0.3) is 0 Å². The number of nitrogens with zero attached hydrogens (tertiary/aromatic N) is 2. The van der Waals surface area contributed by atoms with E-state index in [2.05, 4.69) is 24.1 Å². The van der Waals surface area contributed by atoms with Crippen LogP contribution < -0.4 is 5.32 Å². The van der Waals surface area contributed by atoms with Gasteiger partial charge >= 0.3 is 12.0 Å². The lowest BCUT2D eigenvalue weighted by Gasteiger charge is -2.23. The zero-order valence-electron chi connectivity index (χ0n) is 13.3. The van der Waals surface area contributed by atoms with Crippen LogP contribution in [0.15, 0.2) is 0 Å². The van der Waals surface area contributed by atoms with Crippen LogP contribution in [0.4, 0.5) is 4.79 Å². The number of esters is 1. The predicted octanol–water partition coefficient (Wildman–Crippen LogP) is 1.31. The number of nitrogens with one attached hydrogen (secondary N) is 1. The van der Waals surface area contributed by atoms with Gasteiger partial charge in [0.1, 0.15) is 6.54 Å². The normalized spacial score (nSPS) is 10.4. The van der Waals surface area contributed by atoms with Gasteiger partial charge in [-0.25, -0.2) is 4.79 Å². The molecule has 6 nitrogen and oxygen atoms in total. The number of hydrogen-bond acceptors (Lipinski definition) is 4. The van der Waals surface area contributed by atoms with Crippen molar-refractivity contribution in [2.45, 2.75) is 34.1 Å². The Bertz CT molecular complexity index is 281. The molecule has 0 aliphatic carbocycles. The van der Waals surface area contributed by atoms with Crippen molar-refractivity contribution in [3.05, 3.63) is 0 Å². The summed E-state index contributed by atoms with van der Waals surface area (Å²) in [6.45, 7) is 12.6. The molecule has 20 heavy (non-hydrogen) atoms. The molecular formula is C14H29N3O3. The molecule has 0 aliphatic rings. The van der Waals surface area contributed by atoms with Crippen LogP contribution in [-0.4, -0.2) is 67.7 Å². The molecular weight excluding hydrogens is 258 g/mol. The zero-order valence-corrected chi connectivity index (χ0v) is 13.3. The minimum Gasteiger partial charge on any atom is -0.465 e. The number of hydrogen-bond donors (Lipinski definition) is 1. The molecule has 2 amide bonds. The Morgan fingerprint density at radius 3 is 2.15 bits per heavy atom. The first kappa shape index (κ1) is 18.7. The number of amides is 2. The summed E-state index contributed by atoms with van der Waals surface area (Å²) in [7, 11) is 0. The quantitative estimate of drug-likeness (QED) is 0.615. The molecule has 6 heteroatoms. The van der Waals surface area contributed by atoms with Gasteiger partial charge in [-0.3, -0.25) is 4.79 Å². The molecule has 0 aromatic rings. The summed E-state index contributed by atoms with van der Waals surface area (Å²) >= 11 is 0. The average Bonchev–Trinajstić information content (AvgIpc) is 2.45. The number of carbonyl (C=O) groups excluding carboxylic acids is 2. The van der Waals surface area contributed by atoms with E-state index in [4.69, 9.17) is 4.74 Å². The van der Waals surface area contributed by atoms with Crippen LogP contribution in [0.2, 0.25) is 0 Å². The topological polar surface area (TPSA) is 61.9 Å². The molecule has 0 bridgehead atoms. The van der Waals surface area contributed by atoms with Crippen molar-refractivity contribution in [3.63, 3.8) is 0 Å². The number of urea groups is 1. The van der Waals surface area contributed by atoms with E-state index in [1.165, 1.54) is 0 Å². The molecule has 0 saturated heterocycles. The first-order valence-electron chi connectivity index (χ1n) is 7.49. The Morgan fingerprint density at radius 1 is 1.00 bits per heavy atom. The van der Waals surface area contributed by atoms with Gasteiger partial charge in [-0.2, -0.15) is 0 Å². The fourth-order valence-corrected chi connectivity index (χ4v) is 1.90. The molecule has 0 aromatic carbocycles. The fourth-order valence-electron chi connectivity index (χ4n) is 1.90. The third-order valence-electron chi connectivity index (χ3n) is 3.16. The lowest BCUT2D eigenvalue weighted by atomic mass is 10.3. The minimum atomic E-state index is -0.403. The summed E-state index contributed by atoms with van der Waals surface area (Å²) in [4.78, 5) is 27.1. The van der Waals surface area contributed by atoms with Crippen LogP contribution >= 0.6 is 0 Å². The number of ether oxygens (including phenoxy) is 1. The second-order valence-electron chi connectivity index (χ2n) is 4.42. The molecule has 118 valence electrons. The molecule has 0 aliphatic heterocycles. The Hall–Kier alpha value is -1.30. The molecule has 0 saturated carbocycles. The summed E-state index contributed by atoms with van der Waals surface area (Å²) < 4.78 is 4.77. The van der Waals surface area contributed by atoms with E-state index in [-0.39, 0.29) is 12.6 Å². The largest absolute Gasteiger partial charge is 0.465 e. The van der Waals surface area contributed by atoms with Gasteiger partial charge < -0.3 is 19.9 Å². The third kappa shape index (κ3) is 7.99. The summed E-state index contributed by atoms with van der Waals surface area (Å²) in [6, 6.07) is -0.208. The summed E-state index contributed by atoms with van der Waals surface area (Å²) in [5.41, 5.74) is 0. The van der Waals surface area contributed by atoms with E-state index in [1.54, 1.807) is 11.8 Å². The molecule has 1 N–H and O–H groups in total. The Balaban J connectivity index is 3.99. The van der Waals surface area contributed by atoms with Gasteiger partial charge in [-0.15, -0.1) is 0 Å². The van der Waals surface area contributed by atoms with Crippen molar-refractivity contribution < 1.29 is 14.3 Å². The van der Waals surface area contributed by atoms with Gasteiger partial charge in [-0.1, -0.05) is 13.8 Å². The van der Waals surface area contributed by atoms with Crippen LogP contribution in [0.3, 0.4) is 0 Å². The SMILES string of the molecule is CCOC(=O)CNC(=O)N(CC)CCCN(CC)CC. The second kappa shape index (κ2) is 11.5. The summed E-state index contributed by atoms with van der Waals surface area (Å²) in [5.74, 6) is -0.403. The van der Waals surface area contributed by atoms with Gasteiger partial charge in [-0.05, 0) is 39.9 Å². The third-order valence-corrected chi connectivity index (χ3v) is 3.16.